The van der Waals surface area contributed by atoms with Crippen LogP contribution in [-0.4, -0.2) is 30.6 Å². The molecule has 0 saturated carbocycles. The lowest BCUT2D eigenvalue weighted by molar-refractivity contribution is 0.628. The van der Waals surface area contributed by atoms with Crippen molar-refractivity contribution >= 4 is 21.0 Å². The van der Waals surface area contributed by atoms with Crippen LogP contribution in [0.2, 0.25) is 0 Å². The second-order valence-corrected chi connectivity index (χ2v) is 0. The molecule has 0 fully saturated rings. The van der Waals surface area contributed by atoms with Crippen LogP contribution >= 0.6 is 0 Å². The molecule has 0 spiro atoms. The molecule has 2 N–H and O–H groups in total. The van der Waals surface area contributed by atoms with Gasteiger partial charge in [0.2, 0.25) is 21.0 Å². The molecule has 0 bridgehead atoms. The van der Waals surface area contributed by atoms with Crippen LogP contribution in [0.15, 0.2) is 0 Å². The van der Waals surface area contributed by atoms with Crippen LogP contribution in [0.25, 0.3) is 0 Å². The van der Waals surface area contributed by atoms with E-state index in [9.17, 15) is 0 Å². The maximum Gasteiger partial charge on any atom is 0.240 e. The Labute approximate surface area is 31.6 Å². The van der Waals surface area contributed by atoms with Gasteiger partial charge in [0.05, 0.1) is 0 Å². The summed E-state index contributed by atoms with van der Waals surface area (Å²) in [5.41, 5.74) is 0. The van der Waals surface area contributed by atoms with Crippen LogP contribution in [0.1, 0.15) is 0 Å². The topological polar surface area (TPSA) is 40.5 Å². The normalized spacial score (nSPS) is 3.00. The smallest absolute Gasteiger partial charge is 0.240 e. The van der Waals surface area contributed by atoms with Gasteiger partial charge in [-0.1, -0.05) is 0 Å². The van der Waals surface area contributed by atoms with Crippen molar-refractivity contribution in [2.75, 3.05) is 0 Å². The molecule has 0 aliphatic carbocycles. The molecule has 0 atom stereocenters. The van der Waals surface area contributed by atoms with Crippen molar-refractivity contribution in [2.45, 2.75) is 0 Å². The van der Waals surface area contributed by atoms with E-state index in [1.165, 1.54) is 0 Å². The summed E-state index contributed by atoms with van der Waals surface area (Å²) in [6, 6.07) is 0. The molecule has 0 aliphatic rings. The van der Waals surface area contributed by atoms with Crippen LogP contribution in [0, 0.1) is 0 Å². The van der Waals surface area contributed by atoms with Crippen molar-refractivity contribution in [3.05, 3.63) is 0 Å². The molecule has 0 aromatic carbocycles. The van der Waals surface area contributed by atoms with Gasteiger partial charge in [-0.2, -0.15) is 0 Å². The molecule has 0 aromatic heterocycles. The minimum atomic E-state index is 1.97. The highest BCUT2D eigenvalue weighted by atomic mass is 28.2. The van der Waals surface area contributed by atoms with Crippen LogP contribution in [0.3, 0.4) is 0 Å². The highest BCUT2D eigenvalue weighted by Crippen LogP contribution is 0.668. The van der Waals surface area contributed by atoms with Crippen molar-refractivity contribution in [3.8, 4) is 0 Å². The molecular weight excluding hydrogens is 88.2 g/mol. The van der Waals surface area contributed by atoms with Crippen LogP contribution in [-0.2, 0) is 0 Å². The Morgan fingerprint density at radius 3 is 0.750 bits per heavy atom. The van der Waals surface area contributed by atoms with Crippen molar-refractivity contribution in [3.63, 3.8) is 0 Å². The summed E-state index contributed by atoms with van der Waals surface area (Å²) in [7, 11) is 3.94. The summed E-state index contributed by atoms with van der Waals surface area (Å²) in [6.07, 6.45) is 0. The molecule has 6 radical (unpaired) electrons. The van der Waals surface area contributed by atoms with E-state index in [4.69, 9.17) is 9.59 Å². The number of hydrogen-bond acceptors (Lipinski definition) is 2. The van der Waals surface area contributed by atoms with Gasteiger partial charge < -0.3 is 9.59 Å². The van der Waals surface area contributed by atoms with E-state index in [-0.39, 0.29) is 0 Å². The Bertz CT molecular complexity index is 4.00. The van der Waals surface area contributed by atoms with Gasteiger partial charge >= 0.3 is 0 Å². The first-order chi connectivity index (χ1) is 2.00. The Kier molecular flexibility index (Phi) is 328. The molecule has 0 aromatic rings. The molecule has 0 saturated heterocycles. The van der Waals surface area contributed by atoms with Crippen LogP contribution in [0.5, 0.6) is 0 Å². The largest absolute Gasteiger partial charge is 0.433 e. The molecule has 0 aliphatic heterocycles. The summed E-state index contributed by atoms with van der Waals surface area (Å²) < 4.78 is 0. The lowest BCUT2D eigenvalue weighted by Gasteiger charge is -1.15. The molecule has 4 heavy (non-hydrogen) atoms. The Balaban J connectivity index is 0. The first kappa shape index (κ1) is 8.84. The highest BCUT2D eigenvalue weighted by Gasteiger charge is 0.961. The first-order valence-electron chi connectivity index (χ1n) is 0.447. The van der Waals surface area contributed by atoms with Gasteiger partial charge in [-0.05, 0) is 0 Å². The number of hydrogen-bond donors (Lipinski definition) is 2. The lowest BCUT2D eigenvalue weighted by atomic mass is 15.9. The van der Waals surface area contributed by atoms with Gasteiger partial charge in [-0.25, -0.2) is 0 Å². The molecule has 2 nitrogen and oxygen atoms in total. The van der Waals surface area contributed by atoms with Gasteiger partial charge in [0.1, 0.15) is 0 Å². The average Bonchev–Trinajstić information content (AvgIpc) is 1.50. The fourth-order valence-corrected chi connectivity index (χ4v) is 0. The monoisotopic (exact) mass is 90.0 g/mol. The van der Waals surface area contributed by atoms with Crippen molar-refractivity contribution in [1.82, 2.24) is 0 Å². The zero-order valence-electron chi connectivity index (χ0n) is 1.89. The van der Waals surface area contributed by atoms with Gasteiger partial charge in [-0.15, -0.1) is 0 Å². The van der Waals surface area contributed by atoms with Gasteiger partial charge in [-0.3, -0.25) is 0 Å². The van der Waals surface area contributed by atoms with Crippen LogP contribution in [0.4, 0.5) is 0 Å². The minimum absolute atomic E-state index is 1.97. The summed E-state index contributed by atoms with van der Waals surface area (Å²) in [4.78, 5) is 13.6. The molecule has 0 unspecified atom stereocenters. The zero-order chi connectivity index (χ0) is 4.00. The minimum Gasteiger partial charge on any atom is -0.433 e. The van der Waals surface area contributed by atoms with E-state index in [1.54, 1.807) is 0 Å². The standard InChI is InChI=1S/2HOSi/c2*1-2/h2*1H. The van der Waals surface area contributed by atoms with E-state index in [0.29, 0.717) is 0 Å². The molecule has 0 rings (SSSR count). The highest BCUT2D eigenvalue weighted by molar-refractivity contribution is 5.95. The SMILES string of the molecule is O[Si].O[Si]. The number of rotatable bonds is 0. The Morgan fingerprint density at radius 2 is 0.750 bits per heavy atom. The second-order valence-electron chi connectivity index (χ2n) is 0. The second kappa shape index (κ2) is 148. The Morgan fingerprint density at radius 1 is 0.750 bits per heavy atom. The summed E-state index contributed by atoms with van der Waals surface area (Å²) in [6.45, 7) is 0. The van der Waals surface area contributed by atoms with Crippen molar-refractivity contribution in [1.29, 1.82) is 0 Å². The molecular formula is H2O2Si2. The van der Waals surface area contributed by atoms with Crippen LogP contribution < -0.4 is 0 Å². The summed E-state index contributed by atoms with van der Waals surface area (Å²) in [5.74, 6) is 0. The summed E-state index contributed by atoms with van der Waals surface area (Å²) >= 11 is 0. The molecule has 0 amide bonds. The van der Waals surface area contributed by atoms with E-state index in [2.05, 4.69) is 0 Å². The summed E-state index contributed by atoms with van der Waals surface area (Å²) in [5, 5.41) is 0. The Hall–Kier alpha value is 0.354. The van der Waals surface area contributed by atoms with Gasteiger partial charge in [0, 0.05) is 0 Å². The molecule has 22 valence electrons. The lowest BCUT2D eigenvalue weighted by Crippen LogP contribution is -1.34. The van der Waals surface area contributed by atoms with E-state index < -0.39 is 0 Å². The maximum absolute atomic E-state index is 6.81. The fraction of sp³-hybridized carbons (Fsp3) is 0. The third-order valence-electron chi connectivity index (χ3n) is 0. The third-order valence-corrected chi connectivity index (χ3v) is 0. The molecule has 4 heteroatoms. The van der Waals surface area contributed by atoms with Gasteiger partial charge in [0.15, 0.2) is 0 Å². The first-order valence-corrected chi connectivity index (χ1v) is 1.34. The average molecular weight is 90.2 g/mol. The quantitative estimate of drug-likeness (QED) is 0.342. The third kappa shape index (κ3) is 34.5. The maximum atomic E-state index is 6.81. The predicted molar refractivity (Wildman–Crippen MR) is 15.9 cm³/mol. The van der Waals surface area contributed by atoms with Crippen molar-refractivity contribution in [2.24, 2.45) is 0 Å². The van der Waals surface area contributed by atoms with E-state index >= 15 is 0 Å². The van der Waals surface area contributed by atoms with Crippen molar-refractivity contribution < 1.29 is 9.59 Å². The fourth-order valence-electron chi connectivity index (χ4n) is 0. The molecule has 0 heterocycles. The van der Waals surface area contributed by atoms with E-state index in [1.807, 2.05) is 21.0 Å². The zero-order valence-corrected chi connectivity index (χ0v) is 3.89. The van der Waals surface area contributed by atoms with Gasteiger partial charge in [0.25, 0.3) is 0 Å². The predicted octanol–water partition coefficient (Wildman–Crippen LogP) is -1.88. The van der Waals surface area contributed by atoms with E-state index in [0.717, 1.165) is 0 Å².